The van der Waals surface area contributed by atoms with Crippen molar-refractivity contribution in [2.75, 3.05) is 7.11 Å². The Balaban J connectivity index is 2.67. The van der Waals surface area contributed by atoms with E-state index >= 15 is 0 Å². The molecule has 0 radical (unpaired) electrons. The predicted octanol–water partition coefficient (Wildman–Crippen LogP) is 3.42. The van der Waals surface area contributed by atoms with Crippen molar-refractivity contribution in [3.63, 3.8) is 0 Å². The molecule has 0 saturated heterocycles. The average molecular weight is 235 g/mol. The van der Waals surface area contributed by atoms with Gasteiger partial charge in [-0.15, -0.1) is 11.3 Å². The van der Waals surface area contributed by atoms with E-state index in [2.05, 4.69) is 5.16 Å². The second kappa shape index (κ2) is 4.14. The lowest BCUT2D eigenvalue weighted by atomic mass is 10.1. The van der Waals surface area contributed by atoms with E-state index < -0.39 is 0 Å². The fourth-order valence-corrected chi connectivity index (χ4v) is 2.90. The van der Waals surface area contributed by atoms with Crippen LogP contribution in [0.4, 0.5) is 0 Å². The molecule has 0 fully saturated rings. The molecule has 1 aromatic carbocycles. The molecule has 3 nitrogen and oxygen atoms in total. The number of thiophene rings is 1. The monoisotopic (exact) mass is 235 g/mol. The maximum Gasteiger partial charge on any atom is 0.120 e. The Morgan fingerprint density at radius 3 is 2.81 bits per heavy atom. The fraction of sp³-hybridized carbons (Fsp3) is 0.250. The lowest BCUT2D eigenvalue weighted by molar-refractivity contribution is 0.319. The molecule has 0 spiro atoms. The van der Waals surface area contributed by atoms with Crippen molar-refractivity contribution < 1.29 is 9.94 Å². The Morgan fingerprint density at radius 1 is 1.44 bits per heavy atom. The number of oxime groups is 1. The number of methoxy groups -OCH3 is 1. The van der Waals surface area contributed by atoms with Crippen LogP contribution in [0, 0.1) is 6.92 Å². The van der Waals surface area contributed by atoms with Gasteiger partial charge in [0.15, 0.2) is 0 Å². The summed E-state index contributed by atoms with van der Waals surface area (Å²) in [5.41, 5.74) is 1.80. The maximum atomic E-state index is 8.81. The van der Waals surface area contributed by atoms with E-state index in [-0.39, 0.29) is 0 Å². The number of ether oxygens (including phenoxy) is 1. The number of nitrogens with zero attached hydrogens (tertiary/aromatic N) is 1. The highest BCUT2D eigenvalue weighted by molar-refractivity contribution is 7.21. The third-order valence-corrected chi connectivity index (χ3v) is 3.99. The normalized spacial score (nSPS) is 12.1. The van der Waals surface area contributed by atoms with Crippen LogP contribution in [0.25, 0.3) is 10.1 Å². The molecule has 16 heavy (non-hydrogen) atoms. The van der Waals surface area contributed by atoms with Gasteiger partial charge in [-0.25, -0.2) is 0 Å². The molecule has 2 aromatic rings. The first kappa shape index (κ1) is 11.0. The summed E-state index contributed by atoms with van der Waals surface area (Å²) in [6, 6.07) is 5.98. The van der Waals surface area contributed by atoms with Gasteiger partial charge in [-0.05, 0) is 43.0 Å². The lowest BCUT2D eigenvalue weighted by Crippen LogP contribution is -1.92. The minimum Gasteiger partial charge on any atom is -0.497 e. The van der Waals surface area contributed by atoms with E-state index in [0.717, 1.165) is 20.9 Å². The number of fused-ring (bicyclic) bond motifs is 1. The summed E-state index contributed by atoms with van der Waals surface area (Å²) in [6.07, 6.45) is 0. The zero-order chi connectivity index (χ0) is 11.7. The van der Waals surface area contributed by atoms with Crippen molar-refractivity contribution in [2.24, 2.45) is 5.16 Å². The minimum atomic E-state index is 0.651. The molecule has 0 amide bonds. The fourth-order valence-electron chi connectivity index (χ4n) is 1.72. The molecular formula is C12H13NO2S. The average Bonchev–Trinajstić information content (AvgIpc) is 2.65. The Morgan fingerprint density at radius 2 is 2.19 bits per heavy atom. The summed E-state index contributed by atoms with van der Waals surface area (Å²) >= 11 is 1.62. The first-order valence-electron chi connectivity index (χ1n) is 4.93. The van der Waals surface area contributed by atoms with Crippen molar-refractivity contribution in [3.8, 4) is 5.75 Å². The van der Waals surface area contributed by atoms with Gasteiger partial charge in [-0.2, -0.15) is 0 Å². The Bertz CT molecular complexity index is 557. The molecule has 4 heteroatoms. The number of hydrogen-bond donors (Lipinski definition) is 1. The number of rotatable bonds is 2. The molecule has 0 bridgehead atoms. The van der Waals surface area contributed by atoms with Crippen LogP contribution in [0.5, 0.6) is 5.75 Å². The lowest BCUT2D eigenvalue weighted by Gasteiger charge is -1.98. The minimum absolute atomic E-state index is 0.651. The number of hydrogen-bond acceptors (Lipinski definition) is 4. The van der Waals surface area contributed by atoms with Gasteiger partial charge < -0.3 is 9.94 Å². The predicted molar refractivity (Wildman–Crippen MR) is 67.1 cm³/mol. The highest BCUT2D eigenvalue weighted by atomic mass is 32.1. The van der Waals surface area contributed by atoms with Gasteiger partial charge in [-0.1, -0.05) is 5.16 Å². The van der Waals surface area contributed by atoms with E-state index in [1.165, 1.54) is 5.39 Å². The summed E-state index contributed by atoms with van der Waals surface area (Å²) in [4.78, 5) is 1.02. The van der Waals surface area contributed by atoms with Crippen LogP contribution in [-0.4, -0.2) is 18.0 Å². The largest absolute Gasteiger partial charge is 0.497 e. The van der Waals surface area contributed by atoms with Crippen LogP contribution < -0.4 is 4.74 Å². The molecule has 0 aliphatic heterocycles. The van der Waals surface area contributed by atoms with Crippen molar-refractivity contribution in [2.45, 2.75) is 13.8 Å². The molecule has 0 atom stereocenters. The zero-order valence-electron chi connectivity index (χ0n) is 9.44. The molecule has 2 rings (SSSR count). The first-order chi connectivity index (χ1) is 7.67. The van der Waals surface area contributed by atoms with Crippen molar-refractivity contribution >= 4 is 27.1 Å². The number of benzene rings is 1. The summed E-state index contributed by atoms with van der Waals surface area (Å²) < 4.78 is 6.33. The van der Waals surface area contributed by atoms with Gasteiger partial charge in [0.1, 0.15) is 5.75 Å². The van der Waals surface area contributed by atoms with Crippen LogP contribution in [0.15, 0.2) is 23.4 Å². The second-order valence-electron chi connectivity index (χ2n) is 3.60. The molecule has 0 aliphatic rings. The zero-order valence-corrected chi connectivity index (χ0v) is 10.3. The number of aryl methyl sites for hydroxylation is 1. The van der Waals surface area contributed by atoms with Crippen molar-refractivity contribution in [1.29, 1.82) is 0 Å². The SMILES string of the molecule is COc1ccc2c(C)c(/C(C)=N/O)sc2c1. The van der Waals surface area contributed by atoms with E-state index in [4.69, 9.17) is 9.94 Å². The highest BCUT2D eigenvalue weighted by Crippen LogP contribution is 2.33. The third kappa shape index (κ3) is 1.65. The van der Waals surface area contributed by atoms with Crippen LogP contribution in [0.1, 0.15) is 17.4 Å². The van der Waals surface area contributed by atoms with E-state index in [9.17, 15) is 0 Å². The van der Waals surface area contributed by atoms with Gasteiger partial charge in [0.2, 0.25) is 0 Å². The summed E-state index contributed by atoms with van der Waals surface area (Å²) in [6.45, 7) is 3.84. The molecule has 1 aromatic heterocycles. The van der Waals surface area contributed by atoms with Crippen LogP contribution >= 0.6 is 11.3 Å². The molecule has 0 saturated carbocycles. The van der Waals surface area contributed by atoms with Gasteiger partial charge in [0.25, 0.3) is 0 Å². The molecule has 0 aliphatic carbocycles. The molecule has 84 valence electrons. The first-order valence-corrected chi connectivity index (χ1v) is 5.75. The van der Waals surface area contributed by atoms with Gasteiger partial charge in [0, 0.05) is 4.70 Å². The highest BCUT2D eigenvalue weighted by Gasteiger charge is 2.11. The van der Waals surface area contributed by atoms with Gasteiger partial charge >= 0.3 is 0 Å². The van der Waals surface area contributed by atoms with Crippen LogP contribution in [0.2, 0.25) is 0 Å². The van der Waals surface area contributed by atoms with Crippen LogP contribution in [0.3, 0.4) is 0 Å². The summed E-state index contributed by atoms with van der Waals surface area (Å²) in [5, 5.41) is 13.2. The summed E-state index contributed by atoms with van der Waals surface area (Å²) in [5.74, 6) is 0.846. The maximum absolute atomic E-state index is 8.81. The third-order valence-electron chi connectivity index (χ3n) is 2.62. The smallest absolute Gasteiger partial charge is 0.120 e. The molecule has 1 N–H and O–H groups in total. The second-order valence-corrected chi connectivity index (χ2v) is 4.66. The van der Waals surface area contributed by atoms with E-state index in [1.807, 2.05) is 25.1 Å². The quantitative estimate of drug-likeness (QED) is 0.492. The van der Waals surface area contributed by atoms with Crippen LogP contribution in [-0.2, 0) is 0 Å². The Labute approximate surface area is 98.0 Å². The summed E-state index contributed by atoms with van der Waals surface area (Å²) in [7, 11) is 1.66. The standard InChI is InChI=1S/C12H13NO2S/c1-7-10-5-4-9(15-3)6-11(10)16-12(7)8(2)13-14/h4-6,14H,1-3H3/b13-8+. The van der Waals surface area contributed by atoms with Gasteiger partial charge in [0.05, 0.1) is 17.7 Å². The van der Waals surface area contributed by atoms with Crippen molar-refractivity contribution in [3.05, 3.63) is 28.6 Å². The Kier molecular flexibility index (Phi) is 2.83. The van der Waals surface area contributed by atoms with E-state index in [0.29, 0.717) is 5.71 Å². The topological polar surface area (TPSA) is 41.8 Å². The molecular weight excluding hydrogens is 222 g/mol. The Hall–Kier alpha value is -1.55. The van der Waals surface area contributed by atoms with Gasteiger partial charge in [-0.3, -0.25) is 0 Å². The van der Waals surface area contributed by atoms with Crippen molar-refractivity contribution in [1.82, 2.24) is 0 Å². The molecule has 1 heterocycles. The molecule has 0 unspecified atom stereocenters. The van der Waals surface area contributed by atoms with E-state index in [1.54, 1.807) is 25.4 Å².